The molecule has 7 heteroatoms. The summed E-state index contributed by atoms with van der Waals surface area (Å²) in [6.07, 6.45) is 6.04. The van der Waals surface area contributed by atoms with Gasteiger partial charge in [-0.2, -0.15) is 0 Å². The maximum absolute atomic E-state index is 13.8. The van der Waals surface area contributed by atoms with Crippen LogP contribution in [-0.2, 0) is 9.53 Å². The van der Waals surface area contributed by atoms with Gasteiger partial charge in [0.2, 0.25) is 0 Å². The first kappa shape index (κ1) is 19.3. The van der Waals surface area contributed by atoms with Crippen molar-refractivity contribution in [1.29, 1.82) is 0 Å². The molecular weight excluding hydrogens is 351 g/mol. The molecule has 0 aromatic heterocycles. The SMILES string of the molecule is CCC1=NC(=O)NC(c2ccc(O)c(F)c2)C1C(=O)OCC1CCCCC1. The minimum Gasteiger partial charge on any atom is -0.505 e. The predicted octanol–water partition coefficient (Wildman–Crippen LogP) is 3.89. The lowest BCUT2D eigenvalue weighted by Crippen LogP contribution is -2.45. The molecule has 1 aliphatic carbocycles. The number of carbonyl (C=O) groups excluding carboxylic acids is 2. The molecule has 1 fully saturated rings. The number of nitrogens with one attached hydrogen (secondary N) is 1. The number of phenolic OH excluding ortho intramolecular Hbond substituents is 1. The standard InChI is InChI=1S/C20H25FN2O4/c1-2-15-17(19(25)27-11-12-6-4-3-5-7-12)18(23-20(26)22-15)13-8-9-16(24)14(21)10-13/h8-10,12,17-18,24H,2-7,11H2,1H3,(H,23,26). The van der Waals surface area contributed by atoms with E-state index in [0.29, 0.717) is 30.2 Å². The average molecular weight is 376 g/mol. The van der Waals surface area contributed by atoms with Gasteiger partial charge >= 0.3 is 12.0 Å². The van der Waals surface area contributed by atoms with Crippen LogP contribution >= 0.6 is 0 Å². The Hall–Kier alpha value is -2.44. The van der Waals surface area contributed by atoms with Gasteiger partial charge in [-0.05, 0) is 42.9 Å². The lowest BCUT2D eigenvalue weighted by Gasteiger charge is -2.31. The molecule has 6 nitrogen and oxygen atoms in total. The molecule has 0 saturated heterocycles. The van der Waals surface area contributed by atoms with Gasteiger partial charge < -0.3 is 15.2 Å². The van der Waals surface area contributed by atoms with E-state index in [1.54, 1.807) is 0 Å². The Labute approximate surface area is 157 Å². The number of nitrogens with zero attached hydrogens (tertiary/aromatic N) is 1. The third kappa shape index (κ3) is 4.46. The molecule has 1 aliphatic heterocycles. The number of aromatic hydroxyl groups is 1. The van der Waals surface area contributed by atoms with Gasteiger partial charge in [0, 0.05) is 5.71 Å². The number of benzene rings is 1. The third-order valence-corrected chi connectivity index (χ3v) is 5.35. The van der Waals surface area contributed by atoms with Gasteiger partial charge in [0.15, 0.2) is 11.6 Å². The fourth-order valence-corrected chi connectivity index (χ4v) is 3.85. The Morgan fingerprint density at radius 3 is 2.74 bits per heavy atom. The van der Waals surface area contributed by atoms with E-state index in [0.717, 1.165) is 31.7 Å². The quantitative estimate of drug-likeness (QED) is 0.763. The van der Waals surface area contributed by atoms with Crippen LogP contribution in [0, 0.1) is 17.7 Å². The van der Waals surface area contributed by atoms with Crippen LogP contribution in [0.5, 0.6) is 5.75 Å². The number of hydrogen-bond acceptors (Lipinski definition) is 4. The maximum atomic E-state index is 13.8. The number of hydrogen-bond donors (Lipinski definition) is 2. The molecule has 2 aliphatic rings. The highest BCUT2D eigenvalue weighted by atomic mass is 19.1. The zero-order valence-electron chi connectivity index (χ0n) is 15.4. The molecule has 0 spiro atoms. The van der Waals surface area contributed by atoms with Crippen molar-refractivity contribution in [2.45, 2.75) is 51.5 Å². The van der Waals surface area contributed by atoms with Crippen LogP contribution in [0.15, 0.2) is 23.2 Å². The molecule has 1 aromatic rings. The van der Waals surface area contributed by atoms with Crippen LogP contribution in [-0.4, -0.2) is 29.4 Å². The summed E-state index contributed by atoms with van der Waals surface area (Å²) in [5.74, 6) is -2.19. The van der Waals surface area contributed by atoms with E-state index in [1.807, 2.05) is 6.92 Å². The molecule has 0 bridgehead atoms. The second kappa shape index (κ2) is 8.50. The molecule has 27 heavy (non-hydrogen) atoms. The fourth-order valence-electron chi connectivity index (χ4n) is 3.85. The minimum atomic E-state index is -0.809. The molecule has 1 aromatic carbocycles. The summed E-state index contributed by atoms with van der Waals surface area (Å²) in [5, 5.41) is 12.1. The van der Waals surface area contributed by atoms with E-state index < -0.39 is 35.5 Å². The Morgan fingerprint density at radius 2 is 2.07 bits per heavy atom. The van der Waals surface area contributed by atoms with Gasteiger partial charge in [-0.1, -0.05) is 32.3 Å². The number of urea groups is 1. The molecular formula is C20H25FN2O4. The highest BCUT2D eigenvalue weighted by Gasteiger charge is 2.39. The Kier molecular flexibility index (Phi) is 6.08. The van der Waals surface area contributed by atoms with Crippen LogP contribution in [0.4, 0.5) is 9.18 Å². The largest absolute Gasteiger partial charge is 0.505 e. The summed E-state index contributed by atoms with van der Waals surface area (Å²) in [5.41, 5.74) is 0.810. The number of ether oxygens (including phenoxy) is 1. The van der Waals surface area contributed by atoms with Crippen LogP contribution in [0.3, 0.4) is 0 Å². The predicted molar refractivity (Wildman–Crippen MR) is 98.1 cm³/mol. The molecule has 1 saturated carbocycles. The van der Waals surface area contributed by atoms with Crippen molar-refractivity contribution in [3.05, 3.63) is 29.6 Å². The molecule has 1 heterocycles. The number of amides is 2. The average Bonchev–Trinajstić information content (AvgIpc) is 2.68. The van der Waals surface area contributed by atoms with Crippen molar-refractivity contribution in [1.82, 2.24) is 5.32 Å². The zero-order chi connectivity index (χ0) is 19.4. The zero-order valence-corrected chi connectivity index (χ0v) is 15.4. The number of halogens is 1. The normalized spacial score (nSPS) is 23.5. The lowest BCUT2D eigenvalue weighted by molar-refractivity contribution is -0.148. The summed E-state index contributed by atoms with van der Waals surface area (Å²) in [4.78, 5) is 28.7. The van der Waals surface area contributed by atoms with E-state index in [9.17, 15) is 19.1 Å². The van der Waals surface area contributed by atoms with Crippen LogP contribution in [0.1, 0.15) is 57.1 Å². The smallest absolute Gasteiger partial charge is 0.341 e. The summed E-state index contributed by atoms with van der Waals surface area (Å²) in [6, 6.07) is 2.48. The molecule has 2 unspecified atom stereocenters. The highest BCUT2D eigenvalue weighted by molar-refractivity contribution is 6.09. The van der Waals surface area contributed by atoms with Gasteiger partial charge in [-0.15, -0.1) is 0 Å². The molecule has 2 amide bonds. The topological polar surface area (TPSA) is 88.0 Å². The van der Waals surface area contributed by atoms with E-state index in [2.05, 4.69) is 10.3 Å². The molecule has 2 atom stereocenters. The van der Waals surface area contributed by atoms with Gasteiger partial charge in [0.1, 0.15) is 5.92 Å². The van der Waals surface area contributed by atoms with Crippen LogP contribution in [0.2, 0.25) is 0 Å². The van der Waals surface area contributed by atoms with Crippen LogP contribution < -0.4 is 5.32 Å². The second-order valence-electron chi connectivity index (χ2n) is 7.21. The van der Waals surface area contributed by atoms with Gasteiger partial charge in [0.25, 0.3) is 0 Å². The Bertz CT molecular complexity index is 743. The number of esters is 1. The summed E-state index contributed by atoms with van der Waals surface area (Å²) < 4.78 is 19.4. The van der Waals surface area contributed by atoms with Crippen molar-refractivity contribution in [3.8, 4) is 5.75 Å². The first-order chi connectivity index (χ1) is 13.0. The van der Waals surface area contributed by atoms with Crippen LogP contribution in [0.25, 0.3) is 0 Å². The first-order valence-corrected chi connectivity index (χ1v) is 9.52. The van der Waals surface area contributed by atoms with Crippen molar-refractivity contribution in [2.75, 3.05) is 6.61 Å². The van der Waals surface area contributed by atoms with E-state index in [4.69, 9.17) is 4.74 Å². The number of phenols is 1. The fraction of sp³-hybridized carbons (Fsp3) is 0.550. The van der Waals surface area contributed by atoms with E-state index in [1.165, 1.54) is 18.6 Å². The Balaban J connectivity index is 1.81. The minimum absolute atomic E-state index is 0.358. The van der Waals surface area contributed by atoms with Gasteiger partial charge in [0.05, 0.1) is 12.6 Å². The number of rotatable bonds is 5. The molecule has 2 N–H and O–H groups in total. The van der Waals surface area contributed by atoms with Crippen molar-refractivity contribution < 1.29 is 23.8 Å². The van der Waals surface area contributed by atoms with Crippen molar-refractivity contribution in [2.24, 2.45) is 16.8 Å². The second-order valence-corrected chi connectivity index (χ2v) is 7.21. The van der Waals surface area contributed by atoms with E-state index in [-0.39, 0.29) is 0 Å². The molecule has 3 rings (SSSR count). The monoisotopic (exact) mass is 376 g/mol. The number of carbonyl (C=O) groups is 2. The Morgan fingerprint density at radius 1 is 1.33 bits per heavy atom. The lowest BCUT2D eigenvalue weighted by atomic mass is 9.86. The first-order valence-electron chi connectivity index (χ1n) is 9.52. The van der Waals surface area contributed by atoms with Crippen molar-refractivity contribution in [3.63, 3.8) is 0 Å². The van der Waals surface area contributed by atoms with Gasteiger partial charge in [-0.25, -0.2) is 14.2 Å². The number of aliphatic imine (C=N–C) groups is 1. The summed E-state index contributed by atoms with van der Waals surface area (Å²) >= 11 is 0. The molecule has 146 valence electrons. The summed E-state index contributed by atoms with van der Waals surface area (Å²) in [6.45, 7) is 2.17. The van der Waals surface area contributed by atoms with Gasteiger partial charge in [-0.3, -0.25) is 4.79 Å². The van der Waals surface area contributed by atoms with E-state index >= 15 is 0 Å². The van der Waals surface area contributed by atoms with Crippen molar-refractivity contribution >= 4 is 17.7 Å². The maximum Gasteiger partial charge on any atom is 0.341 e. The molecule has 0 radical (unpaired) electrons. The highest BCUT2D eigenvalue weighted by Crippen LogP contribution is 2.32. The third-order valence-electron chi connectivity index (χ3n) is 5.35. The summed E-state index contributed by atoms with van der Waals surface area (Å²) in [7, 11) is 0.